The Morgan fingerprint density at radius 2 is 0.513 bits per heavy atom. The third kappa shape index (κ3) is 33.5. The van der Waals surface area contributed by atoms with E-state index in [1.54, 1.807) is 122 Å². The van der Waals surface area contributed by atoms with E-state index in [2.05, 4.69) is 135 Å². The summed E-state index contributed by atoms with van der Waals surface area (Å²) in [5.41, 5.74) is 6.54. The zero-order valence-electron chi connectivity index (χ0n) is 79.6. The molecule has 0 N–H and O–H groups in total. The van der Waals surface area contributed by atoms with Crippen LogP contribution in [0.15, 0.2) is 84.9 Å². The Morgan fingerprint density at radius 3 is 0.798 bits per heavy atom. The molecule has 10 saturated carbocycles. The molecular weight excluding hydrogens is 1460 g/mol. The van der Waals surface area contributed by atoms with Crippen molar-refractivity contribution in [1.29, 1.82) is 0 Å². The number of benzene rings is 4. The summed E-state index contributed by atoms with van der Waals surface area (Å²) in [5, 5.41) is 0. The predicted octanol–water partition coefficient (Wildman–Crippen LogP) is 36.4. The lowest BCUT2D eigenvalue weighted by Crippen LogP contribution is -2.25. The Morgan fingerprint density at radius 1 is 0.252 bits per heavy atom. The molecule has 10 aliphatic rings. The Kier molecular flexibility index (Phi) is 46.8. The van der Waals surface area contributed by atoms with Gasteiger partial charge in [-0.05, 0) is 371 Å². The van der Waals surface area contributed by atoms with Crippen LogP contribution in [0.1, 0.15) is 480 Å². The highest BCUT2D eigenvalue weighted by Gasteiger charge is 2.37. The van der Waals surface area contributed by atoms with Crippen LogP contribution in [0.4, 0.5) is 8.78 Å². The van der Waals surface area contributed by atoms with Crippen LogP contribution in [0, 0.1) is 113 Å². The maximum atomic E-state index is 14.5. The molecule has 3 nitrogen and oxygen atoms in total. The predicted molar refractivity (Wildman–Crippen MR) is 510 cm³/mol. The minimum Gasteiger partial charge on any atom is -0.497 e. The molecule has 0 unspecified atom stereocenters. The van der Waals surface area contributed by atoms with Crippen molar-refractivity contribution in [1.82, 2.24) is 0 Å². The van der Waals surface area contributed by atoms with E-state index < -0.39 is 11.6 Å². The van der Waals surface area contributed by atoms with Gasteiger partial charge in [-0.25, -0.2) is 4.39 Å². The van der Waals surface area contributed by atoms with Crippen molar-refractivity contribution in [2.45, 2.75) is 459 Å². The maximum absolute atomic E-state index is 14.5. The van der Waals surface area contributed by atoms with Gasteiger partial charge in [0.2, 0.25) is 5.82 Å². The van der Waals surface area contributed by atoms with E-state index in [1.165, 1.54) is 274 Å². The molecule has 0 amide bonds. The van der Waals surface area contributed by atoms with E-state index >= 15 is 0 Å². The molecule has 4 aromatic carbocycles. The van der Waals surface area contributed by atoms with Crippen LogP contribution in [0.2, 0.25) is 0 Å². The van der Waals surface area contributed by atoms with Gasteiger partial charge in [-0.1, -0.05) is 295 Å². The molecule has 0 saturated heterocycles. The first-order valence-electron chi connectivity index (χ1n) is 52.8. The normalized spacial score (nSPS) is 31.0. The second-order valence-electron chi connectivity index (χ2n) is 41.5. The molecule has 0 atom stereocenters. The van der Waals surface area contributed by atoms with Crippen molar-refractivity contribution in [3.05, 3.63) is 124 Å². The summed E-state index contributed by atoms with van der Waals surface area (Å²) < 4.78 is 44.5. The zero-order valence-corrected chi connectivity index (χ0v) is 79.6. The first-order chi connectivity index (χ1) is 58.2. The molecule has 0 aliphatic heterocycles. The zero-order chi connectivity index (χ0) is 84.4. The number of ether oxygens (including phenoxy) is 3. The van der Waals surface area contributed by atoms with Gasteiger partial charge in [0.1, 0.15) is 11.5 Å². The van der Waals surface area contributed by atoms with Crippen molar-refractivity contribution in [3.63, 3.8) is 0 Å². The molecule has 0 aromatic heterocycles. The van der Waals surface area contributed by atoms with Crippen LogP contribution in [0.25, 0.3) is 0 Å². The van der Waals surface area contributed by atoms with Gasteiger partial charge in [0.15, 0.2) is 11.6 Å². The molecule has 0 radical (unpaired) electrons. The van der Waals surface area contributed by atoms with E-state index in [0.29, 0.717) is 12.2 Å². The van der Waals surface area contributed by atoms with Crippen LogP contribution < -0.4 is 14.2 Å². The number of halogens is 2. The average Bonchev–Trinajstić information content (AvgIpc) is 0.769. The van der Waals surface area contributed by atoms with E-state index in [0.717, 1.165) is 143 Å². The van der Waals surface area contributed by atoms with Crippen molar-refractivity contribution in [2.24, 2.45) is 94.7 Å². The monoisotopic (exact) mass is 1640 g/mol. The minimum absolute atomic E-state index is 0.0336. The van der Waals surface area contributed by atoms with Crippen LogP contribution >= 0.6 is 0 Å². The van der Waals surface area contributed by atoms with Gasteiger partial charge >= 0.3 is 0 Å². The number of rotatable bonds is 29. The van der Waals surface area contributed by atoms with E-state index in [9.17, 15) is 8.78 Å². The Balaban J connectivity index is 0.000000164. The van der Waals surface area contributed by atoms with Crippen LogP contribution in [0.5, 0.6) is 17.2 Å². The molecule has 0 bridgehead atoms. The van der Waals surface area contributed by atoms with Crippen LogP contribution in [-0.4, -0.2) is 20.3 Å². The van der Waals surface area contributed by atoms with Gasteiger partial charge in [-0.2, -0.15) is 4.39 Å². The highest BCUT2D eigenvalue weighted by atomic mass is 19.2. The topological polar surface area (TPSA) is 27.7 Å². The van der Waals surface area contributed by atoms with E-state index in [-0.39, 0.29) is 11.7 Å². The molecule has 0 heterocycles. The highest BCUT2D eigenvalue weighted by molar-refractivity contribution is 5.34. The molecule has 14 rings (SSSR count). The maximum Gasteiger partial charge on any atom is 0.200 e. The Labute approximate surface area is 734 Å². The number of hydrogen-bond acceptors (Lipinski definition) is 3. The minimum atomic E-state index is -0.819. The van der Waals surface area contributed by atoms with Crippen LogP contribution in [0.3, 0.4) is 0 Å². The fourth-order valence-electron chi connectivity index (χ4n) is 26.0. The largest absolute Gasteiger partial charge is 0.497 e. The molecule has 674 valence electrons. The first kappa shape index (κ1) is 98.9. The van der Waals surface area contributed by atoms with E-state index in [4.69, 9.17) is 14.2 Å². The molecule has 0 spiro atoms. The summed E-state index contributed by atoms with van der Waals surface area (Å²) in [4.78, 5) is 0. The van der Waals surface area contributed by atoms with Gasteiger partial charge < -0.3 is 14.2 Å². The summed E-state index contributed by atoms with van der Waals surface area (Å²) in [6.45, 7) is 25.7. The first-order valence-corrected chi connectivity index (χ1v) is 52.8. The standard InChI is InChI=1S/C23H34F2O.C22H34.C19H36.C17H26O.C17H32.C16H24O/c1-3-5-16-6-8-17(9-7-16)18-10-12-19(13-11-18)20-14-15-21(26-4-2)23(25)22(20)24;1-3-4-18-7-11-20(12-8-18)22-15-13-21(14-16-22)19-9-5-17(2)6-10-19;1-3-5-7-17-10-14-19(15-11-17)18-12-8-16(6-4-2)9-13-18;1-3-5-14-6-8-15(9-7-14)16-10-12-17(13-11-16)18-4-2;1-3-5-15-8-12-17(13-9-15)16-10-6-14(4-2)7-11-16;1-3-4-13-5-7-14(8-6-13)15-9-11-16(17-2)12-10-15/h14-19H,3-13H2,1-2H3;5-6,9-10,18,20-22H,3-4,7-8,11-16H2,1-2H3;16-19H,3-15H2,1-2H3;10-15H,3-9H2,1-2H3;14-17H,3-13H2,1-2H3;9-14H,3-8H2,1-2H3. The van der Waals surface area contributed by atoms with Gasteiger partial charge in [0, 0.05) is 0 Å². The lowest BCUT2D eigenvalue weighted by atomic mass is 9.68. The molecule has 10 aliphatic carbocycles. The Hall–Kier alpha value is -3.86. The van der Waals surface area contributed by atoms with Crippen LogP contribution in [-0.2, 0) is 0 Å². The van der Waals surface area contributed by atoms with Gasteiger partial charge in [-0.3, -0.25) is 0 Å². The summed E-state index contributed by atoms with van der Waals surface area (Å²) >= 11 is 0. The summed E-state index contributed by atoms with van der Waals surface area (Å²) in [6.07, 6.45) is 80.6. The number of unbranched alkanes of at least 4 members (excludes halogenated alkanes) is 1. The lowest BCUT2D eigenvalue weighted by Gasteiger charge is -2.38. The lowest BCUT2D eigenvalue weighted by molar-refractivity contribution is 0.140. The van der Waals surface area contributed by atoms with E-state index in [1.807, 2.05) is 6.92 Å². The SMILES string of the molecule is CCCC1CCC(C2CCC(CC)CC2)CC1.CCCC1CCC(C2CCC(c3ccc(C)cc3)CC2)CC1.CCCC1CCC(C2CCC(c3ccc(OCC)c(F)c3F)CC2)CC1.CCCC1CCC(c2ccc(OC)cc2)CC1.CCCC1CCC(c2ccc(OCC)cc2)CC1.CCCCC1CCC(C2CCC(CCC)CC2)CC1. The quantitative estimate of drug-likeness (QED) is 0.0542. The second kappa shape index (κ2) is 56.3. The number of hydrogen-bond donors (Lipinski definition) is 0. The number of aryl methyl sites for hydroxylation is 1. The van der Waals surface area contributed by atoms with Crippen molar-refractivity contribution >= 4 is 0 Å². The van der Waals surface area contributed by atoms with Gasteiger partial charge in [0.25, 0.3) is 0 Å². The van der Waals surface area contributed by atoms with Gasteiger partial charge in [0.05, 0.1) is 20.3 Å². The molecule has 4 aromatic rings. The molecule has 119 heavy (non-hydrogen) atoms. The third-order valence-electron chi connectivity index (χ3n) is 33.6. The second-order valence-corrected chi connectivity index (χ2v) is 41.5. The molecular formula is C114H186F2O3. The van der Waals surface area contributed by atoms with Crippen molar-refractivity contribution in [2.75, 3.05) is 20.3 Å². The smallest absolute Gasteiger partial charge is 0.200 e. The molecule has 10 fully saturated rings. The summed E-state index contributed by atoms with van der Waals surface area (Å²) in [5.74, 6) is 19.6. The fraction of sp³-hybridized carbons (Fsp3) is 0.789. The Bertz CT molecular complexity index is 3150. The highest BCUT2D eigenvalue weighted by Crippen LogP contribution is 2.50. The molecule has 5 heteroatoms. The fourth-order valence-corrected chi connectivity index (χ4v) is 26.0. The third-order valence-corrected chi connectivity index (χ3v) is 33.6. The summed E-state index contributed by atoms with van der Waals surface area (Å²) in [7, 11) is 1.73. The average molecular weight is 1640 g/mol. The van der Waals surface area contributed by atoms with Gasteiger partial charge in [-0.15, -0.1) is 0 Å². The van der Waals surface area contributed by atoms with Crippen molar-refractivity contribution < 1.29 is 23.0 Å². The van der Waals surface area contributed by atoms with Crippen molar-refractivity contribution in [3.8, 4) is 17.2 Å². The summed E-state index contributed by atoms with van der Waals surface area (Å²) in [6, 6.07) is 30.1. The number of methoxy groups -OCH3 is 1.